The number of rotatable bonds is 5. The third kappa shape index (κ3) is 3.30. The van der Waals surface area contributed by atoms with Crippen LogP contribution in [0.15, 0.2) is 32.5 Å². The number of anilines is 1. The van der Waals surface area contributed by atoms with Gasteiger partial charge in [0, 0.05) is 23.9 Å². The van der Waals surface area contributed by atoms with E-state index in [0.29, 0.717) is 35.0 Å². The van der Waals surface area contributed by atoms with Crippen molar-refractivity contribution in [2.45, 2.75) is 26.0 Å². The van der Waals surface area contributed by atoms with Crippen LogP contribution in [0.2, 0.25) is 5.15 Å². The van der Waals surface area contributed by atoms with Crippen molar-refractivity contribution < 1.29 is 9.52 Å². The molecule has 0 unspecified atom stereocenters. The van der Waals surface area contributed by atoms with Crippen LogP contribution in [0.4, 0.5) is 5.69 Å². The van der Waals surface area contributed by atoms with Crippen LogP contribution in [-0.2, 0) is 13.0 Å². The van der Waals surface area contributed by atoms with Gasteiger partial charge in [0.2, 0.25) is 0 Å². The van der Waals surface area contributed by atoms with E-state index in [1.807, 2.05) is 11.4 Å². The lowest BCUT2D eigenvalue weighted by Gasteiger charge is -2.06. The molecule has 0 saturated heterocycles. The normalized spacial score (nSPS) is 12.7. The maximum Gasteiger partial charge on any atom is 0.177 e. The molecule has 0 amide bonds. The summed E-state index contributed by atoms with van der Waals surface area (Å²) in [6, 6.07) is 5.83. The summed E-state index contributed by atoms with van der Waals surface area (Å²) in [7, 11) is 0. The summed E-state index contributed by atoms with van der Waals surface area (Å²) in [5.41, 5.74) is 2.10. The molecule has 3 heterocycles. The smallest absolute Gasteiger partial charge is 0.177 e. The topological polar surface area (TPSA) is 58.3 Å². The molecular formula is C15H14BrClN2O2S. The number of pyridine rings is 1. The van der Waals surface area contributed by atoms with E-state index in [9.17, 15) is 5.11 Å². The van der Waals surface area contributed by atoms with Crippen LogP contribution in [0.3, 0.4) is 0 Å². The predicted octanol–water partition coefficient (Wildman–Crippen LogP) is 4.84. The highest BCUT2D eigenvalue weighted by atomic mass is 79.9. The lowest BCUT2D eigenvalue weighted by atomic mass is 10.2. The summed E-state index contributed by atoms with van der Waals surface area (Å²) in [5.74, 6) is 0.666. The standard InChI is InChI=1S/C15H14BrClN2O2S/c1-8(20)5-11-13(16)14-15(21-11)10(6-12(17)19-14)18-7-9-3-2-4-22-9/h2-4,6,8,20H,5,7H2,1H3,(H,18,19)/t8-/m0/s1. The Bertz CT molecular complexity index is 787. The van der Waals surface area contributed by atoms with E-state index in [2.05, 4.69) is 32.3 Å². The molecule has 0 spiro atoms. The minimum atomic E-state index is -0.491. The monoisotopic (exact) mass is 400 g/mol. The summed E-state index contributed by atoms with van der Waals surface area (Å²) in [5, 5.41) is 15.3. The number of thiophene rings is 1. The second kappa shape index (κ2) is 6.58. The molecule has 3 aromatic heterocycles. The molecule has 0 bridgehead atoms. The van der Waals surface area contributed by atoms with Gasteiger partial charge in [-0.3, -0.25) is 0 Å². The molecule has 3 aromatic rings. The molecule has 0 aliphatic carbocycles. The fourth-order valence-corrected chi connectivity index (χ4v) is 3.53. The van der Waals surface area contributed by atoms with Crippen molar-refractivity contribution >= 4 is 55.7 Å². The minimum absolute atomic E-state index is 0.395. The summed E-state index contributed by atoms with van der Waals surface area (Å²) < 4.78 is 6.62. The molecule has 0 aliphatic rings. The maximum atomic E-state index is 9.57. The van der Waals surface area contributed by atoms with Crippen LogP contribution in [0, 0.1) is 0 Å². The summed E-state index contributed by atoms with van der Waals surface area (Å²) >= 11 is 11.3. The number of aromatic nitrogens is 1. The van der Waals surface area contributed by atoms with E-state index in [-0.39, 0.29) is 0 Å². The Labute approximate surface area is 145 Å². The molecule has 1 atom stereocenters. The van der Waals surface area contributed by atoms with Crippen LogP contribution in [0.1, 0.15) is 17.6 Å². The molecule has 22 heavy (non-hydrogen) atoms. The van der Waals surface area contributed by atoms with Crippen molar-refractivity contribution in [2.24, 2.45) is 0 Å². The highest BCUT2D eigenvalue weighted by molar-refractivity contribution is 9.10. The first kappa shape index (κ1) is 15.8. The molecule has 4 nitrogen and oxygen atoms in total. The van der Waals surface area contributed by atoms with E-state index in [1.54, 1.807) is 24.3 Å². The average molecular weight is 402 g/mol. The zero-order chi connectivity index (χ0) is 15.7. The number of nitrogens with one attached hydrogen (secondary N) is 1. The largest absolute Gasteiger partial charge is 0.456 e. The maximum absolute atomic E-state index is 9.57. The lowest BCUT2D eigenvalue weighted by molar-refractivity contribution is 0.188. The third-order valence-corrected chi connectivity index (χ3v) is 5.02. The van der Waals surface area contributed by atoms with Crippen molar-refractivity contribution in [1.82, 2.24) is 4.98 Å². The minimum Gasteiger partial charge on any atom is -0.456 e. The van der Waals surface area contributed by atoms with Gasteiger partial charge in [0.25, 0.3) is 0 Å². The highest BCUT2D eigenvalue weighted by Gasteiger charge is 2.18. The summed E-state index contributed by atoms with van der Waals surface area (Å²) in [4.78, 5) is 5.53. The van der Waals surface area contributed by atoms with Gasteiger partial charge in [-0.15, -0.1) is 11.3 Å². The molecular weight excluding hydrogens is 388 g/mol. The SMILES string of the molecule is C[C@H](O)Cc1oc2c(NCc3cccs3)cc(Cl)nc2c1Br. The molecule has 2 N–H and O–H groups in total. The molecule has 7 heteroatoms. The number of aliphatic hydroxyl groups is 1. The number of nitrogens with zero attached hydrogens (tertiary/aromatic N) is 1. The number of hydrogen-bond donors (Lipinski definition) is 2. The Morgan fingerprint density at radius 3 is 3.05 bits per heavy atom. The van der Waals surface area contributed by atoms with Gasteiger partial charge in [0.05, 0.1) is 16.3 Å². The van der Waals surface area contributed by atoms with Gasteiger partial charge in [-0.2, -0.15) is 0 Å². The van der Waals surface area contributed by atoms with Gasteiger partial charge >= 0.3 is 0 Å². The third-order valence-electron chi connectivity index (χ3n) is 3.13. The Morgan fingerprint density at radius 1 is 1.55 bits per heavy atom. The summed E-state index contributed by atoms with van der Waals surface area (Å²) in [6.07, 6.45) is -0.0753. The van der Waals surface area contributed by atoms with Gasteiger partial charge in [-0.05, 0) is 34.3 Å². The zero-order valence-electron chi connectivity index (χ0n) is 11.8. The summed E-state index contributed by atoms with van der Waals surface area (Å²) in [6.45, 7) is 2.41. The number of furan rings is 1. The van der Waals surface area contributed by atoms with Gasteiger partial charge in [0.1, 0.15) is 16.4 Å². The number of aliphatic hydroxyl groups excluding tert-OH is 1. The first-order valence-corrected chi connectivity index (χ1v) is 8.81. The second-order valence-electron chi connectivity index (χ2n) is 5.00. The number of halogens is 2. The number of fused-ring (bicyclic) bond motifs is 1. The van der Waals surface area contributed by atoms with Crippen LogP contribution in [0.5, 0.6) is 0 Å². The molecule has 0 aromatic carbocycles. The first-order valence-electron chi connectivity index (χ1n) is 6.76. The highest BCUT2D eigenvalue weighted by Crippen LogP contribution is 2.36. The van der Waals surface area contributed by atoms with Gasteiger partial charge in [-0.1, -0.05) is 17.7 Å². The first-order chi connectivity index (χ1) is 10.5. The van der Waals surface area contributed by atoms with Gasteiger partial charge in [-0.25, -0.2) is 4.98 Å². The van der Waals surface area contributed by atoms with Crippen LogP contribution >= 0.6 is 38.9 Å². The van der Waals surface area contributed by atoms with Gasteiger partial charge < -0.3 is 14.8 Å². The fraction of sp³-hybridized carbons (Fsp3) is 0.267. The van der Waals surface area contributed by atoms with E-state index in [0.717, 1.165) is 10.2 Å². The van der Waals surface area contributed by atoms with Crippen molar-refractivity contribution in [3.63, 3.8) is 0 Å². The van der Waals surface area contributed by atoms with E-state index < -0.39 is 6.10 Å². The second-order valence-corrected chi connectivity index (χ2v) is 7.21. The van der Waals surface area contributed by atoms with Crippen molar-refractivity contribution in [1.29, 1.82) is 0 Å². The average Bonchev–Trinajstić information content (AvgIpc) is 3.07. The Morgan fingerprint density at radius 2 is 2.36 bits per heavy atom. The Balaban J connectivity index is 1.98. The zero-order valence-corrected chi connectivity index (χ0v) is 14.9. The van der Waals surface area contributed by atoms with Crippen molar-refractivity contribution in [2.75, 3.05) is 5.32 Å². The van der Waals surface area contributed by atoms with Gasteiger partial charge in [0.15, 0.2) is 5.58 Å². The molecule has 0 fully saturated rings. The van der Waals surface area contributed by atoms with E-state index in [1.165, 1.54) is 4.88 Å². The lowest BCUT2D eigenvalue weighted by Crippen LogP contribution is -2.03. The Kier molecular flexibility index (Phi) is 4.73. The van der Waals surface area contributed by atoms with Crippen LogP contribution in [0.25, 0.3) is 11.1 Å². The molecule has 0 saturated carbocycles. The van der Waals surface area contributed by atoms with Crippen molar-refractivity contribution in [3.05, 3.63) is 43.8 Å². The van der Waals surface area contributed by atoms with Crippen LogP contribution in [-0.4, -0.2) is 16.2 Å². The number of hydrogen-bond acceptors (Lipinski definition) is 5. The van der Waals surface area contributed by atoms with E-state index >= 15 is 0 Å². The fourth-order valence-electron chi connectivity index (χ4n) is 2.18. The molecule has 0 aliphatic heterocycles. The quantitative estimate of drug-likeness (QED) is 0.601. The van der Waals surface area contributed by atoms with Crippen LogP contribution < -0.4 is 5.32 Å². The van der Waals surface area contributed by atoms with E-state index in [4.69, 9.17) is 16.0 Å². The molecule has 116 valence electrons. The molecule has 0 radical (unpaired) electrons. The molecule has 3 rings (SSSR count). The predicted molar refractivity (Wildman–Crippen MR) is 93.7 cm³/mol. The van der Waals surface area contributed by atoms with Crippen molar-refractivity contribution in [3.8, 4) is 0 Å². The Hall–Kier alpha value is -1.08.